The minimum Gasteiger partial charge on any atom is -0.480 e. The van der Waals surface area contributed by atoms with Crippen molar-refractivity contribution < 1.29 is 14.3 Å². The van der Waals surface area contributed by atoms with E-state index < -0.39 is 0 Å². The first-order valence-electron chi connectivity index (χ1n) is 10.9. The molecule has 0 saturated carbocycles. The third kappa shape index (κ3) is 4.57. The van der Waals surface area contributed by atoms with Gasteiger partial charge in [-0.05, 0) is 36.4 Å². The highest BCUT2D eigenvalue weighted by molar-refractivity contribution is 6.04. The number of fused-ring (bicyclic) bond motifs is 1. The molecule has 0 atom stereocenters. The summed E-state index contributed by atoms with van der Waals surface area (Å²) in [6.45, 7) is 3.34. The van der Waals surface area contributed by atoms with Gasteiger partial charge in [0.25, 0.3) is 5.91 Å². The monoisotopic (exact) mass is 444 g/mol. The maximum Gasteiger partial charge on any atom is 0.266 e. The summed E-state index contributed by atoms with van der Waals surface area (Å²) in [7, 11) is 0. The second kappa shape index (κ2) is 9.15. The molecule has 2 aromatic heterocycles. The van der Waals surface area contributed by atoms with Crippen molar-refractivity contribution in [1.82, 2.24) is 9.97 Å². The third-order valence-electron chi connectivity index (χ3n) is 5.72. The Morgan fingerprint density at radius 2 is 1.73 bits per heavy atom. The fraction of sp³-hybridized carbons (Fsp3) is 0.250. The molecule has 33 heavy (non-hydrogen) atoms. The predicted octanol–water partition coefficient (Wildman–Crippen LogP) is 2.17. The second-order valence-corrected chi connectivity index (χ2v) is 7.86. The maximum atomic E-state index is 12.6. The Morgan fingerprint density at radius 1 is 0.939 bits per heavy atom. The van der Waals surface area contributed by atoms with E-state index in [9.17, 15) is 9.59 Å². The number of hydrogen-bond acceptors (Lipinski definition) is 7. The predicted molar refractivity (Wildman–Crippen MR) is 126 cm³/mol. The highest BCUT2D eigenvalue weighted by Crippen LogP contribution is 2.28. The van der Waals surface area contributed by atoms with Gasteiger partial charge in [0.2, 0.25) is 5.91 Å². The van der Waals surface area contributed by atoms with Crippen LogP contribution in [-0.4, -0.2) is 61.1 Å². The summed E-state index contributed by atoms with van der Waals surface area (Å²) in [5, 5.41) is 2.81. The van der Waals surface area contributed by atoms with Crippen LogP contribution in [0.5, 0.6) is 5.75 Å². The minimum atomic E-state index is -0.326. The molecule has 3 aromatic rings. The standard InChI is InChI=1S/C24H24N6O3/c31-22(16-30-23(32)17-33-20-7-4-10-25-24(20)30)27-18-8-9-21(26-15-18)29-13-11-28(12-14-29)19-5-2-1-3-6-19/h1-10,15H,11-14,16-17H2,(H,27,31). The molecule has 1 N–H and O–H groups in total. The largest absolute Gasteiger partial charge is 0.480 e. The number of carbonyl (C=O) groups excluding carboxylic acids is 2. The first-order valence-corrected chi connectivity index (χ1v) is 10.9. The number of pyridine rings is 2. The summed E-state index contributed by atoms with van der Waals surface area (Å²) in [6, 6.07) is 17.6. The lowest BCUT2D eigenvalue weighted by Crippen LogP contribution is -2.46. The van der Waals surface area contributed by atoms with Gasteiger partial charge in [0.15, 0.2) is 18.2 Å². The van der Waals surface area contributed by atoms with Crippen LogP contribution in [0, 0.1) is 0 Å². The second-order valence-electron chi connectivity index (χ2n) is 7.86. The molecule has 1 aromatic carbocycles. The maximum absolute atomic E-state index is 12.6. The number of rotatable bonds is 5. The number of anilines is 4. The van der Waals surface area contributed by atoms with Gasteiger partial charge < -0.3 is 19.9 Å². The molecule has 2 amide bonds. The lowest BCUT2D eigenvalue weighted by atomic mass is 10.2. The van der Waals surface area contributed by atoms with E-state index in [0.29, 0.717) is 17.3 Å². The van der Waals surface area contributed by atoms with E-state index in [0.717, 1.165) is 32.0 Å². The summed E-state index contributed by atoms with van der Waals surface area (Å²) in [5.74, 6) is 1.09. The van der Waals surface area contributed by atoms with E-state index in [-0.39, 0.29) is 25.0 Å². The molecule has 1 saturated heterocycles. The number of hydrogen-bond donors (Lipinski definition) is 1. The Hall–Kier alpha value is -4.14. The van der Waals surface area contributed by atoms with Crippen molar-refractivity contribution in [2.24, 2.45) is 0 Å². The van der Waals surface area contributed by atoms with Crippen molar-refractivity contribution in [3.05, 3.63) is 67.0 Å². The number of para-hydroxylation sites is 1. The van der Waals surface area contributed by atoms with Crippen LogP contribution in [0.1, 0.15) is 0 Å². The minimum absolute atomic E-state index is 0.111. The van der Waals surface area contributed by atoms with E-state index in [1.807, 2.05) is 18.2 Å². The molecule has 0 radical (unpaired) electrons. The van der Waals surface area contributed by atoms with E-state index in [1.54, 1.807) is 24.5 Å². The third-order valence-corrected chi connectivity index (χ3v) is 5.72. The zero-order valence-corrected chi connectivity index (χ0v) is 18.1. The smallest absolute Gasteiger partial charge is 0.266 e. The number of ether oxygens (including phenoxy) is 1. The number of amides is 2. The average Bonchev–Trinajstić information content (AvgIpc) is 2.87. The molecule has 2 aliphatic heterocycles. The number of nitrogens with zero attached hydrogens (tertiary/aromatic N) is 5. The van der Waals surface area contributed by atoms with E-state index in [1.165, 1.54) is 10.6 Å². The number of piperazine rings is 1. The first-order chi connectivity index (χ1) is 16.2. The number of aromatic nitrogens is 2. The zero-order valence-electron chi connectivity index (χ0n) is 18.1. The van der Waals surface area contributed by atoms with Gasteiger partial charge in [-0.3, -0.25) is 14.5 Å². The molecular weight excluding hydrogens is 420 g/mol. The molecule has 0 bridgehead atoms. The molecule has 4 heterocycles. The van der Waals surface area contributed by atoms with Crippen molar-refractivity contribution >= 4 is 34.8 Å². The molecule has 1 fully saturated rings. The summed E-state index contributed by atoms with van der Waals surface area (Å²) in [6.07, 6.45) is 3.21. The Morgan fingerprint density at radius 3 is 2.48 bits per heavy atom. The van der Waals surface area contributed by atoms with E-state index >= 15 is 0 Å². The zero-order chi connectivity index (χ0) is 22.6. The highest BCUT2D eigenvalue weighted by Gasteiger charge is 2.28. The van der Waals surface area contributed by atoms with Crippen LogP contribution < -0.4 is 24.8 Å². The Kier molecular flexibility index (Phi) is 5.75. The van der Waals surface area contributed by atoms with Gasteiger partial charge in [0.1, 0.15) is 12.4 Å². The van der Waals surface area contributed by atoms with Gasteiger partial charge in [-0.25, -0.2) is 9.97 Å². The van der Waals surface area contributed by atoms with Gasteiger partial charge >= 0.3 is 0 Å². The highest BCUT2D eigenvalue weighted by atomic mass is 16.5. The lowest BCUT2D eigenvalue weighted by Gasteiger charge is -2.36. The van der Waals surface area contributed by atoms with Crippen molar-refractivity contribution in [3.63, 3.8) is 0 Å². The van der Waals surface area contributed by atoms with Crippen molar-refractivity contribution in [1.29, 1.82) is 0 Å². The van der Waals surface area contributed by atoms with E-state index in [4.69, 9.17) is 4.74 Å². The van der Waals surface area contributed by atoms with Crippen LogP contribution >= 0.6 is 0 Å². The molecule has 0 spiro atoms. The van der Waals surface area contributed by atoms with Gasteiger partial charge in [-0.15, -0.1) is 0 Å². The lowest BCUT2D eigenvalue weighted by molar-refractivity contribution is -0.123. The first kappa shape index (κ1) is 20.7. The van der Waals surface area contributed by atoms with Crippen LogP contribution in [0.15, 0.2) is 67.0 Å². The van der Waals surface area contributed by atoms with E-state index in [2.05, 4.69) is 49.4 Å². The number of benzene rings is 1. The molecule has 0 unspecified atom stereocenters. The molecule has 9 heteroatoms. The van der Waals surface area contributed by atoms with Gasteiger partial charge in [-0.1, -0.05) is 18.2 Å². The number of nitrogens with one attached hydrogen (secondary N) is 1. The van der Waals surface area contributed by atoms with Gasteiger partial charge in [0.05, 0.1) is 11.9 Å². The quantitative estimate of drug-likeness (QED) is 0.645. The fourth-order valence-corrected chi connectivity index (χ4v) is 4.02. The summed E-state index contributed by atoms with van der Waals surface area (Å²) < 4.78 is 5.37. The topological polar surface area (TPSA) is 90.9 Å². The molecule has 2 aliphatic rings. The molecule has 9 nitrogen and oxygen atoms in total. The normalized spacial score (nSPS) is 15.6. The summed E-state index contributed by atoms with van der Waals surface area (Å²) in [4.78, 5) is 39.5. The Labute approximate surface area is 191 Å². The van der Waals surface area contributed by atoms with Crippen molar-refractivity contribution in [2.45, 2.75) is 0 Å². The van der Waals surface area contributed by atoms with Crippen LogP contribution in [0.4, 0.5) is 23.0 Å². The van der Waals surface area contributed by atoms with Crippen LogP contribution in [0.25, 0.3) is 0 Å². The van der Waals surface area contributed by atoms with Crippen molar-refractivity contribution in [2.75, 3.05) is 59.3 Å². The summed E-state index contributed by atoms with van der Waals surface area (Å²) in [5.41, 5.74) is 1.81. The van der Waals surface area contributed by atoms with Gasteiger partial charge in [0, 0.05) is 38.1 Å². The SMILES string of the molecule is O=C(CN1C(=O)COc2cccnc21)Nc1ccc(N2CCN(c3ccccc3)CC2)nc1. The van der Waals surface area contributed by atoms with Crippen LogP contribution in [0.2, 0.25) is 0 Å². The molecule has 5 rings (SSSR count). The Bertz CT molecular complexity index is 1130. The molecule has 168 valence electrons. The molecular formula is C24H24N6O3. The fourth-order valence-electron chi connectivity index (χ4n) is 4.02. The van der Waals surface area contributed by atoms with Gasteiger partial charge in [-0.2, -0.15) is 0 Å². The molecule has 0 aliphatic carbocycles. The van der Waals surface area contributed by atoms with Crippen molar-refractivity contribution in [3.8, 4) is 5.75 Å². The Balaban J connectivity index is 1.17. The van der Waals surface area contributed by atoms with Crippen LogP contribution in [0.3, 0.4) is 0 Å². The summed E-state index contributed by atoms with van der Waals surface area (Å²) >= 11 is 0. The number of carbonyl (C=O) groups is 2. The van der Waals surface area contributed by atoms with Crippen LogP contribution in [-0.2, 0) is 9.59 Å². The average molecular weight is 444 g/mol.